The first kappa shape index (κ1) is 15.2. The largest absolute Gasteiger partial charge is 0.493 e. The summed E-state index contributed by atoms with van der Waals surface area (Å²) in [6.07, 6.45) is 1.38. The first-order chi connectivity index (χ1) is 9.97. The number of amides is 1. The van der Waals surface area contributed by atoms with Crippen molar-refractivity contribution in [2.75, 3.05) is 6.61 Å². The Morgan fingerprint density at radius 2 is 2.29 bits per heavy atom. The summed E-state index contributed by atoms with van der Waals surface area (Å²) < 4.78 is 5.46. The highest BCUT2D eigenvalue weighted by Crippen LogP contribution is 2.29. The second-order valence-corrected chi connectivity index (χ2v) is 5.10. The van der Waals surface area contributed by atoms with Crippen LogP contribution in [0.3, 0.4) is 0 Å². The van der Waals surface area contributed by atoms with Crippen LogP contribution in [-0.2, 0) is 4.79 Å². The number of hydrogen-bond donors (Lipinski definition) is 2. The van der Waals surface area contributed by atoms with Crippen molar-refractivity contribution in [3.63, 3.8) is 0 Å². The average molecular weight is 294 g/mol. The van der Waals surface area contributed by atoms with Gasteiger partial charge in [0.05, 0.1) is 24.1 Å². The zero-order chi connectivity index (χ0) is 15.4. The van der Waals surface area contributed by atoms with E-state index in [0.717, 1.165) is 12.8 Å². The Morgan fingerprint density at radius 1 is 1.57 bits per heavy atom. The lowest BCUT2D eigenvalue weighted by molar-refractivity contribution is -0.385. The second-order valence-electron chi connectivity index (χ2n) is 5.10. The minimum absolute atomic E-state index is 0.0713. The van der Waals surface area contributed by atoms with Gasteiger partial charge in [-0.15, -0.1) is 0 Å². The van der Waals surface area contributed by atoms with E-state index in [1.807, 2.05) is 0 Å². The van der Waals surface area contributed by atoms with Crippen LogP contribution in [0.2, 0.25) is 0 Å². The minimum Gasteiger partial charge on any atom is -0.493 e. The molecule has 0 aliphatic heterocycles. The lowest BCUT2D eigenvalue weighted by Crippen LogP contribution is -2.26. The van der Waals surface area contributed by atoms with Crippen LogP contribution in [0.1, 0.15) is 37.9 Å². The van der Waals surface area contributed by atoms with Crippen LogP contribution in [0.4, 0.5) is 5.69 Å². The van der Waals surface area contributed by atoms with Gasteiger partial charge < -0.3 is 15.2 Å². The lowest BCUT2D eigenvalue weighted by Gasteiger charge is -2.13. The monoisotopic (exact) mass is 294 g/mol. The fraction of sp³-hybridized carbons (Fsp3) is 0.500. The molecule has 7 heteroatoms. The summed E-state index contributed by atoms with van der Waals surface area (Å²) in [6.45, 7) is 1.67. The number of nitro benzene ring substituents is 1. The third kappa shape index (κ3) is 4.42. The molecule has 0 bridgehead atoms. The van der Waals surface area contributed by atoms with Crippen LogP contribution < -0.4 is 10.1 Å². The molecule has 1 aromatic rings. The van der Waals surface area contributed by atoms with E-state index in [4.69, 9.17) is 4.74 Å². The molecule has 2 N–H and O–H groups in total. The summed E-state index contributed by atoms with van der Waals surface area (Å²) >= 11 is 0. The molecule has 0 saturated heterocycles. The van der Waals surface area contributed by atoms with Crippen molar-refractivity contribution in [1.29, 1.82) is 0 Å². The van der Waals surface area contributed by atoms with E-state index in [2.05, 4.69) is 5.32 Å². The van der Waals surface area contributed by atoms with E-state index >= 15 is 0 Å². The van der Waals surface area contributed by atoms with Gasteiger partial charge in [0.15, 0.2) is 0 Å². The first-order valence-electron chi connectivity index (χ1n) is 6.86. The van der Waals surface area contributed by atoms with Crippen LogP contribution in [-0.4, -0.2) is 28.6 Å². The third-order valence-corrected chi connectivity index (χ3v) is 3.18. The third-order valence-electron chi connectivity index (χ3n) is 3.18. The van der Waals surface area contributed by atoms with Gasteiger partial charge in [-0.2, -0.15) is 0 Å². The predicted octanol–water partition coefficient (Wildman–Crippen LogP) is 1.70. The Balaban J connectivity index is 1.94. The van der Waals surface area contributed by atoms with Crippen LogP contribution in [0.5, 0.6) is 5.75 Å². The molecular formula is C14H18N2O5. The van der Waals surface area contributed by atoms with Gasteiger partial charge in [0.25, 0.3) is 5.69 Å². The number of hydrogen-bond acceptors (Lipinski definition) is 5. The molecule has 0 spiro atoms. The van der Waals surface area contributed by atoms with Gasteiger partial charge in [-0.25, -0.2) is 0 Å². The number of rotatable bonds is 7. The molecular weight excluding hydrogens is 276 g/mol. The maximum atomic E-state index is 11.5. The summed E-state index contributed by atoms with van der Waals surface area (Å²) in [7, 11) is 0. The van der Waals surface area contributed by atoms with E-state index < -0.39 is 11.0 Å². The van der Waals surface area contributed by atoms with Crippen LogP contribution >= 0.6 is 0 Å². The molecule has 0 aromatic heterocycles. The summed E-state index contributed by atoms with van der Waals surface area (Å²) in [5, 5.41) is 23.2. The van der Waals surface area contributed by atoms with Gasteiger partial charge in [-0.05, 0) is 25.8 Å². The molecule has 1 saturated carbocycles. The average Bonchev–Trinajstić information content (AvgIpc) is 3.22. The fourth-order valence-corrected chi connectivity index (χ4v) is 1.89. The van der Waals surface area contributed by atoms with E-state index in [0.29, 0.717) is 17.4 Å². The van der Waals surface area contributed by atoms with Gasteiger partial charge in [0.2, 0.25) is 5.91 Å². The van der Waals surface area contributed by atoms with E-state index in [1.54, 1.807) is 0 Å². The van der Waals surface area contributed by atoms with Crippen molar-refractivity contribution in [3.8, 4) is 5.75 Å². The standard InChI is InChI=1S/C14H18N2O5/c1-9(17)12-8-11(16(19)20)4-5-13(12)21-7-6-14(18)15-10-2-3-10/h4-5,8-10,17H,2-3,6-7H2,1H3,(H,15,18)/t9-/m1/s1. The normalized spacial score (nSPS) is 15.3. The molecule has 1 aliphatic carbocycles. The van der Waals surface area contributed by atoms with Crippen molar-refractivity contribution in [2.24, 2.45) is 0 Å². The van der Waals surface area contributed by atoms with Gasteiger partial charge in [0, 0.05) is 23.7 Å². The molecule has 1 aliphatic rings. The van der Waals surface area contributed by atoms with Gasteiger partial charge >= 0.3 is 0 Å². The number of carbonyl (C=O) groups is 1. The SMILES string of the molecule is C[C@@H](O)c1cc([N+](=O)[O-])ccc1OCCC(=O)NC1CC1. The highest BCUT2D eigenvalue weighted by Gasteiger charge is 2.23. The van der Waals surface area contributed by atoms with Gasteiger partial charge in [0.1, 0.15) is 5.75 Å². The van der Waals surface area contributed by atoms with Crippen LogP contribution in [0.15, 0.2) is 18.2 Å². The topological polar surface area (TPSA) is 102 Å². The molecule has 0 heterocycles. The number of carbonyl (C=O) groups excluding carboxylic acids is 1. The van der Waals surface area contributed by atoms with Crippen molar-refractivity contribution in [3.05, 3.63) is 33.9 Å². The summed E-state index contributed by atoms with van der Waals surface area (Å²) in [6, 6.07) is 4.35. The number of nitro groups is 1. The Labute approximate surface area is 122 Å². The van der Waals surface area contributed by atoms with Crippen LogP contribution in [0.25, 0.3) is 0 Å². The first-order valence-corrected chi connectivity index (χ1v) is 6.86. The number of non-ortho nitro benzene ring substituents is 1. The number of nitrogens with zero attached hydrogens (tertiary/aromatic N) is 1. The summed E-state index contributed by atoms with van der Waals surface area (Å²) in [5.74, 6) is 0.285. The Kier molecular flexibility index (Phi) is 4.74. The number of ether oxygens (including phenoxy) is 1. The Morgan fingerprint density at radius 3 is 2.86 bits per heavy atom. The minimum atomic E-state index is -0.889. The molecule has 1 amide bonds. The summed E-state index contributed by atoms with van der Waals surface area (Å²) in [4.78, 5) is 21.7. The van der Waals surface area contributed by atoms with Crippen molar-refractivity contribution in [2.45, 2.75) is 38.3 Å². The van der Waals surface area contributed by atoms with E-state index in [-0.39, 0.29) is 24.6 Å². The molecule has 1 fully saturated rings. The van der Waals surface area contributed by atoms with E-state index in [9.17, 15) is 20.0 Å². The quantitative estimate of drug-likeness (QED) is 0.588. The lowest BCUT2D eigenvalue weighted by atomic mass is 10.1. The zero-order valence-electron chi connectivity index (χ0n) is 11.7. The molecule has 21 heavy (non-hydrogen) atoms. The zero-order valence-corrected chi connectivity index (χ0v) is 11.7. The maximum Gasteiger partial charge on any atom is 0.270 e. The number of aliphatic hydroxyl groups excluding tert-OH is 1. The van der Waals surface area contributed by atoms with Crippen molar-refractivity contribution < 1.29 is 19.6 Å². The van der Waals surface area contributed by atoms with E-state index in [1.165, 1.54) is 25.1 Å². The molecule has 114 valence electrons. The van der Waals surface area contributed by atoms with Gasteiger partial charge in [-0.3, -0.25) is 14.9 Å². The fourth-order valence-electron chi connectivity index (χ4n) is 1.89. The highest BCUT2D eigenvalue weighted by atomic mass is 16.6. The number of nitrogens with one attached hydrogen (secondary N) is 1. The number of benzene rings is 1. The smallest absolute Gasteiger partial charge is 0.270 e. The molecule has 0 unspecified atom stereocenters. The Hall–Kier alpha value is -2.15. The van der Waals surface area contributed by atoms with Crippen molar-refractivity contribution in [1.82, 2.24) is 5.32 Å². The van der Waals surface area contributed by atoms with Crippen molar-refractivity contribution >= 4 is 11.6 Å². The van der Waals surface area contributed by atoms with Gasteiger partial charge in [-0.1, -0.05) is 0 Å². The molecule has 0 radical (unpaired) electrons. The predicted molar refractivity (Wildman–Crippen MR) is 75.0 cm³/mol. The Bertz CT molecular complexity index is 540. The maximum absolute atomic E-state index is 11.5. The molecule has 1 atom stereocenters. The number of aliphatic hydroxyl groups is 1. The summed E-state index contributed by atoms with van der Waals surface area (Å²) in [5.41, 5.74) is 0.233. The molecule has 2 rings (SSSR count). The highest BCUT2D eigenvalue weighted by molar-refractivity contribution is 5.76. The van der Waals surface area contributed by atoms with Crippen LogP contribution in [0, 0.1) is 10.1 Å². The molecule has 1 aromatic carbocycles. The second kappa shape index (κ2) is 6.53. The molecule has 7 nitrogen and oxygen atoms in total.